The molecule has 3 rings (SSSR count). The van der Waals surface area contributed by atoms with Gasteiger partial charge in [0.1, 0.15) is 5.82 Å². The van der Waals surface area contributed by atoms with E-state index in [0.29, 0.717) is 40.4 Å². The van der Waals surface area contributed by atoms with Crippen molar-refractivity contribution in [3.05, 3.63) is 62.6 Å². The van der Waals surface area contributed by atoms with Crippen molar-refractivity contribution in [2.75, 3.05) is 6.61 Å². The summed E-state index contributed by atoms with van der Waals surface area (Å²) in [6.07, 6.45) is 0.509. The first kappa shape index (κ1) is 24.4. The fourth-order valence-corrected chi connectivity index (χ4v) is 3.44. The molecule has 0 unspecified atom stereocenters. The van der Waals surface area contributed by atoms with Crippen LogP contribution in [0.4, 0.5) is 0 Å². The second-order valence-corrected chi connectivity index (χ2v) is 9.36. The lowest BCUT2D eigenvalue weighted by molar-refractivity contribution is -0.144. The summed E-state index contributed by atoms with van der Waals surface area (Å²) in [5.74, 6) is 0.152. The van der Waals surface area contributed by atoms with Gasteiger partial charge in [0, 0.05) is 9.89 Å². The van der Waals surface area contributed by atoms with Crippen molar-refractivity contribution in [2.24, 2.45) is 5.10 Å². The monoisotopic (exact) mass is 515 g/mol. The number of aliphatic carboxylic acids is 1. The van der Waals surface area contributed by atoms with Crippen LogP contribution in [0.25, 0.3) is 10.9 Å². The molecule has 9 heteroatoms. The third-order valence-corrected chi connectivity index (χ3v) is 5.21. The van der Waals surface area contributed by atoms with Gasteiger partial charge in [-0.15, -0.1) is 0 Å². The van der Waals surface area contributed by atoms with Crippen LogP contribution in [0.1, 0.15) is 46.0 Å². The zero-order valence-corrected chi connectivity index (χ0v) is 20.7. The number of halogens is 1. The first-order valence-electron chi connectivity index (χ1n) is 10.4. The van der Waals surface area contributed by atoms with E-state index in [-0.39, 0.29) is 5.56 Å². The minimum absolute atomic E-state index is 0.275. The van der Waals surface area contributed by atoms with Crippen LogP contribution < -0.4 is 15.0 Å². The molecule has 0 aliphatic carbocycles. The van der Waals surface area contributed by atoms with Crippen molar-refractivity contribution in [1.82, 2.24) is 9.66 Å². The highest BCUT2D eigenvalue weighted by atomic mass is 79.9. The molecule has 0 saturated heterocycles. The second kappa shape index (κ2) is 9.74. The van der Waals surface area contributed by atoms with Crippen LogP contribution >= 0.6 is 15.9 Å². The van der Waals surface area contributed by atoms with E-state index < -0.39 is 17.5 Å². The number of hydrogen-bond donors (Lipinski definition) is 1. The minimum atomic E-state index is -1.08. The Bertz CT molecular complexity index is 1280. The summed E-state index contributed by atoms with van der Waals surface area (Å²) in [5, 5.41) is 14.0. The number of nitrogens with zero attached hydrogens (tertiary/aromatic N) is 3. The maximum absolute atomic E-state index is 13.3. The van der Waals surface area contributed by atoms with Gasteiger partial charge in [0.25, 0.3) is 5.56 Å². The predicted octanol–water partition coefficient (Wildman–Crippen LogP) is 4.59. The van der Waals surface area contributed by atoms with Gasteiger partial charge >= 0.3 is 5.97 Å². The molecule has 33 heavy (non-hydrogen) atoms. The molecule has 0 bridgehead atoms. The van der Waals surface area contributed by atoms with Crippen LogP contribution in [-0.2, 0) is 10.2 Å². The normalized spacial score (nSPS) is 12.8. The Morgan fingerprint density at radius 1 is 1.24 bits per heavy atom. The lowest BCUT2D eigenvalue weighted by Crippen LogP contribution is -2.29. The molecule has 0 aliphatic rings. The summed E-state index contributed by atoms with van der Waals surface area (Å²) in [6, 6.07) is 10.4. The zero-order chi connectivity index (χ0) is 24.3. The highest BCUT2D eigenvalue weighted by molar-refractivity contribution is 9.10. The molecular formula is C24H26BrN3O5. The highest BCUT2D eigenvalue weighted by Crippen LogP contribution is 2.29. The van der Waals surface area contributed by atoms with Gasteiger partial charge in [-0.25, -0.2) is 9.78 Å². The Morgan fingerprint density at radius 2 is 1.97 bits per heavy atom. The zero-order valence-electron chi connectivity index (χ0n) is 19.1. The number of aromatic nitrogens is 2. The number of fused-ring (bicyclic) bond motifs is 1. The second-order valence-electron chi connectivity index (χ2n) is 8.45. The lowest BCUT2D eigenvalue weighted by Gasteiger charge is -2.21. The minimum Gasteiger partial charge on any atom is -0.490 e. The quantitative estimate of drug-likeness (QED) is 0.461. The third kappa shape index (κ3) is 5.60. The molecule has 8 nitrogen and oxygen atoms in total. The molecule has 0 fully saturated rings. The number of carboxylic acid groups (broad SMARTS) is 1. The van der Waals surface area contributed by atoms with Crippen molar-refractivity contribution in [2.45, 2.75) is 46.1 Å². The van der Waals surface area contributed by atoms with E-state index in [9.17, 15) is 9.59 Å². The molecule has 174 valence electrons. The van der Waals surface area contributed by atoms with E-state index in [1.165, 1.54) is 17.8 Å². The maximum atomic E-state index is 13.3. The third-order valence-electron chi connectivity index (χ3n) is 4.72. The van der Waals surface area contributed by atoms with E-state index in [1.54, 1.807) is 30.3 Å². The summed E-state index contributed by atoms with van der Waals surface area (Å²) in [4.78, 5) is 29.1. The molecule has 0 aliphatic heterocycles. The van der Waals surface area contributed by atoms with Gasteiger partial charge < -0.3 is 14.6 Å². The SMILES string of the molecule is CCOc1cc(C=Nn2c(C(C)(C)C)nc3ccc(Br)cc3c2=O)ccc1O[C@@H](C)C(=O)O. The first-order chi connectivity index (χ1) is 15.5. The van der Waals surface area contributed by atoms with Gasteiger partial charge in [0.15, 0.2) is 17.6 Å². The van der Waals surface area contributed by atoms with Crippen molar-refractivity contribution in [3.63, 3.8) is 0 Å². The summed E-state index contributed by atoms with van der Waals surface area (Å²) < 4.78 is 13.2. The number of hydrogen-bond acceptors (Lipinski definition) is 6. The molecule has 0 saturated carbocycles. The Kier molecular flexibility index (Phi) is 7.22. The van der Waals surface area contributed by atoms with Crippen molar-refractivity contribution < 1.29 is 19.4 Å². The van der Waals surface area contributed by atoms with E-state index in [1.807, 2.05) is 33.8 Å². The number of carbonyl (C=O) groups is 1. The number of rotatable bonds is 7. The molecular weight excluding hydrogens is 490 g/mol. The Morgan fingerprint density at radius 3 is 2.61 bits per heavy atom. The average molecular weight is 516 g/mol. The largest absolute Gasteiger partial charge is 0.490 e. The molecule has 0 radical (unpaired) electrons. The van der Waals surface area contributed by atoms with Crippen molar-refractivity contribution in [1.29, 1.82) is 0 Å². The molecule has 1 heterocycles. The van der Waals surface area contributed by atoms with Gasteiger partial charge in [-0.05, 0) is 55.8 Å². The van der Waals surface area contributed by atoms with Crippen LogP contribution in [0.2, 0.25) is 0 Å². The topological polar surface area (TPSA) is 103 Å². The van der Waals surface area contributed by atoms with Gasteiger partial charge in [-0.2, -0.15) is 9.78 Å². The first-order valence-corrected chi connectivity index (χ1v) is 11.2. The van der Waals surface area contributed by atoms with Crippen molar-refractivity contribution in [3.8, 4) is 11.5 Å². The lowest BCUT2D eigenvalue weighted by atomic mass is 9.95. The predicted molar refractivity (Wildman–Crippen MR) is 131 cm³/mol. The molecule has 1 N–H and O–H groups in total. The van der Waals surface area contributed by atoms with Crippen LogP contribution in [0.3, 0.4) is 0 Å². The molecule has 0 spiro atoms. The number of carboxylic acids is 1. The van der Waals surface area contributed by atoms with Crippen LogP contribution in [-0.4, -0.2) is 39.7 Å². The smallest absolute Gasteiger partial charge is 0.344 e. The van der Waals surface area contributed by atoms with E-state index in [0.717, 1.165) is 4.47 Å². The Labute approximate surface area is 200 Å². The summed E-state index contributed by atoms with van der Waals surface area (Å²) in [6.45, 7) is 9.53. The highest BCUT2D eigenvalue weighted by Gasteiger charge is 2.23. The van der Waals surface area contributed by atoms with Gasteiger partial charge in [0.05, 0.1) is 23.7 Å². The maximum Gasteiger partial charge on any atom is 0.344 e. The fraction of sp³-hybridized carbons (Fsp3) is 0.333. The van der Waals surface area contributed by atoms with Crippen LogP contribution in [0.15, 0.2) is 50.8 Å². The van der Waals surface area contributed by atoms with Crippen LogP contribution in [0, 0.1) is 0 Å². The Balaban J connectivity index is 2.08. The molecule has 1 aromatic heterocycles. The Hall–Kier alpha value is -3.20. The fourth-order valence-electron chi connectivity index (χ4n) is 3.08. The number of ether oxygens (including phenoxy) is 2. The molecule has 2 aromatic carbocycles. The van der Waals surface area contributed by atoms with Gasteiger partial charge in [-0.1, -0.05) is 36.7 Å². The average Bonchev–Trinajstić information content (AvgIpc) is 2.74. The summed E-state index contributed by atoms with van der Waals surface area (Å²) in [7, 11) is 0. The van der Waals surface area contributed by atoms with E-state index in [4.69, 9.17) is 19.6 Å². The summed E-state index contributed by atoms with van der Waals surface area (Å²) >= 11 is 3.40. The van der Waals surface area contributed by atoms with Gasteiger partial charge in [-0.3, -0.25) is 4.79 Å². The van der Waals surface area contributed by atoms with E-state index in [2.05, 4.69) is 21.0 Å². The van der Waals surface area contributed by atoms with Crippen LogP contribution in [0.5, 0.6) is 11.5 Å². The summed E-state index contributed by atoms with van der Waals surface area (Å²) in [5.41, 5.74) is 0.545. The molecule has 3 aromatic rings. The van der Waals surface area contributed by atoms with E-state index >= 15 is 0 Å². The number of benzene rings is 2. The van der Waals surface area contributed by atoms with Gasteiger partial charge in [0.2, 0.25) is 0 Å². The standard InChI is InChI=1S/C24H26BrN3O5/c1-6-32-20-11-15(7-10-19(20)33-14(2)22(30)31)13-26-28-21(29)17-12-16(25)8-9-18(17)27-23(28)24(3,4)5/h7-14H,6H2,1-5H3,(H,30,31)/t14-/m0/s1. The van der Waals surface area contributed by atoms with Crippen molar-refractivity contribution >= 4 is 39.0 Å². The molecule has 0 amide bonds. The molecule has 1 atom stereocenters.